The third-order valence-electron chi connectivity index (χ3n) is 7.54. The summed E-state index contributed by atoms with van der Waals surface area (Å²) in [7, 11) is -3.13. The molecule has 200 valence electrons. The van der Waals surface area contributed by atoms with Crippen molar-refractivity contribution in [3.05, 3.63) is 65.6 Å². The summed E-state index contributed by atoms with van der Waals surface area (Å²) < 4.78 is 58.1. The summed E-state index contributed by atoms with van der Waals surface area (Å²) >= 11 is 0. The molecule has 4 aromatic rings. The summed E-state index contributed by atoms with van der Waals surface area (Å²) in [6.07, 6.45) is 1.98. The Kier molecular flexibility index (Phi) is 5.34. The molecule has 1 amide bonds. The zero-order valence-electron chi connectivity index (χ0n) is 20.4. The number of ether oxygens (including phenoxy) is 1. The molecule has 0 unspecified atom stereocenters. The summed E-state index contributed by atoms with van der Waals surface area (Å²) in [5, 5.41) is 3.04. The van der Waals surface area contributed by atoms with E-state index in [1.807, 2.05) is 28.8 Å². The van der Waals surface area contributed by atoms with Gasteiger partial charge in [0.15, 0.2) is 9.84 Å². The van der Waals surface area contributed by atoms with Crippen molar-refractivity contribution in [2.75, 3.05) is 29.5 Å². The Balaban J connectivity index is 1.44. The van der Waals surface area contributed by atoms with Gasteiger partial charge in [0.05, 0.1) is 40.3 Å². The fourth-order valence-electron chi connectivity index (χ4n) is 5.83. The maximum Gasteiger partial charge on any atom is 0.387 e. The number of nitrogens with one attached hydrogen (secondary N) is 1. The molecule has 1 saturated heterocycles. The highest BCUT2D eigenvalue weighted by molar-refractivity contribution is 7.91. The molecule has 0 saturated carbocycles. The van der Waals surface area contributed by atoms with Crippen LogP contribution in [0.15, 0.2) is 48.7 Å². The van der Waals surface area contributed by atoms with Crippen LogP contribution in [-0.2, 0) is 9.84 Å². The molecule has 13 heteroatoms. The average molecular weight is 553 g/mol. The van der Waals surface area contributed by atoms with Crippen LogP contribution in [0.4, 0.5) is 14.7 Å². The number of fused-ring (bicyclic) bond motifs is 9. The summed E-state index contributed by atoms with van der Waals surface area (Å²) in [5.74, 6) is 0.473. The number of amides is 1. The Morgan fingerprint density at radius 3 is 2.64 bits per heavy atom. The van der Waals surface area contributed by atoms with Crippen molar-refractivity contribution in [1.29, 1.82) is 0 Å². The number of hydrogen-bond donors (Lipinski definition) is 1. The largest absolute Gasteiger partial charge is 0.434 e. The highest BCUT2D eigenvalue weighted by Gasteiger charge is 2.43. The second kappa shape index (κ2) is 8.70. The van der Waals surface area contributed by atoms with Gasteiger partial charge in [-0.15, -0.1) is 0 Å². The zero-order valence-corrected chi connectivity index (χ0v) is 21.2. The van der Waals surface area contributed by atoms with Crippen LogP contribution in [0.3, 0.4) is 0 Å². The van der Waals surface area contributed by atoms with Crippen LogP contribution < -0.4 is 15.0 Å². The average Bonchev–Trinajstić information content (AvgIpc) is 3.41. The number of sulfone groups is 1. The Bertz CT molecular complexity index is 1740. The van der Waals surface area contributed by atoms with Crippen LogP contribution in [0.1, 0.15) is 40.3 Å². The van der Waals surface area contributed by atoms with E-state index in [-0.39, 0.29) is 53.8 Å². The third-order valence-corrected chi connectivity index (χ3v) is 9.15. The molecule has 3 aliphatic rings. The minimum Gasteiger partial charge on any atom is -0.434 e. The number of anilines is 1. The smallest absolute Gasteiger partial charge is 0.387 e. The van der Waals surface area contributed by atoms with Gasteiger partial charge in [0.2, 0.25) is 5.95 Å². The molecule has 2 atom stereocenters. The summed E-state index contributed by atoms with van der Waals surface area (Å²) in [5.41, 5.74) is 3.06. The molecule has 3 aliphatic heterocycles. The lowest BCUT2D eigenvalue weighted by Gasteiger charge is -2.27. The number of nitrogens with zero attached hydrogens (tertiary/aromatic N) is 5. The molecule has 7 rings (SSSR count). The number of rotatable bonds is 4. The topological polar surface area (TPSA) is 119 Å². The number of para-hydroxylation sites is 2. The molecular formula is C26H22F2N6O4S. The van der Waals surface area contributed by atoms with Crippen molar-refractivity contribution in [3.63, 3.8) is 0 Å². The van der Waals surface area contributed by atoms with Crippen LogP contribution in [0.2, 0.25) is 0 Å². The van der Waals surface area contributed by atoms with Crippen LogP contribution in [0.25, 0.3) is 22.3 Å². The lowest BCUT2D eigenvalue weighted by molar-refractivity contribution is -0.0495. The van der Waals surface area contributed by atoms with Crippen molar-refractivity contribution in [2.24, 2.45) is 0 Å². The van der Waals surface area contributed by atoms with Gasteiger partial charge < -0.3 is 19.5 Å². The van der Waals surface area contributed by atoms with Crippen LogP contribution in [0.5, 0.6) is 5.75 Å². The van der Waals surface area contributed by atoms with Gasteiger partial charge >= 0.3 is 6.61 Å². The Labute approximate surface area is 221 Å². The number of hydrogen-bond acceptors (Lipinski definition) is 8. The highest BCUT2D eigenvalue weighted by atomic mass is 32.2. The van der Waals surface area contributed by atoms with Gasteiger partial charge in [0.1, 0.15) is 11.6 Å². The van der Waals surface area contributed by atoms with Gasteiger partial charge in [-0.25, -0.2) is 23.4 Å². The van der Waals surface area contributed by atoms with E-state index in [2.05, 4.69) is 15.3 Å². The number of carbonyl (C=O) groups is 1. The summed E-state index contributed by atoms with van der Waals surface area (Å²) in [6, 6.07) is 11.3. The fourth-order valence-corrected chi connectivity index (χ4v) is 7.03. The molecule has 39 heavy (non-hydrogen) atoms. The highest BCUT2D eigenvalue weighted by Crippen LogP contribution is 2.49. The maximum absolute atomic E-state index is 13.6. The first-order valence-corrected chi connectivity index (χ1v) is 14.3. The number of halogens is 2. The zero-order chi connectivity index (χ0) is 26.9. The third kappa shape index (κ3) is 3.90. The first kappa shape index (κ1) is 23.9. The Morgan fingerprint density at radius 1 is 1.05 bits per heavy atom. The first-order valence-electron chi connectivity index (χ1n) is 12.5. The molecule has 2 aromatic carbocycles. The van der Waals surface area contributed by atoms with Gasteiger partial charge in [-0.1, -0.05) is 12.1 Å². The second-order valence-corrected chi connectivity index (χ2v) is 12.1. The molecule has 2 aromatic heterocycles. The number of benzene rings is 2. The van der Waals surface area contributed by atoms with Crippen molar-refractivity contribution in [2.45, 2.75) is 25.1 Å². The van der Waals surface area contributed by atoms with E-state index in [1.54, 1.807) is 11.0 Å². The van der Waals surface area contributed by atoms with Gasteiger partial charge in [-0.05, 0) is 36.8 Å². The molecule has 2 bridgehead atoms. The predicted molar refractivity (Wildman–Crippen MR) is 138 cm³/mol. The van der Waals surface area contributed by atoms with Gasteiger partial charge in [0.25, 0.3) is 5.91 Å². The number of carbonyl (C=O) groups excluding carboxylic acids is 1. The molecule has 5 heterocycles. The summed E-state index contributed by atoms with van der Waals surface area (Å²) in [4.78, 5) is 28.9. The van der Waals surface area contributed by atoms with Crippen LogP contribution in [-0.4, -0.2) is 65.1 Å². The van der Waals surface area contributed by atoms with E-state index in [0.29, 0.717) is 29.1 Å². The van der Waals surface area contributed by atoms with Crippen LogP contribution >= 0.6 is 0 Å². The Hall–Kier alpha value is -4.13. The van der Waals surface area contributed by atoms with Gasteiger partial charge in [-0.3, -0.25) is 4.79 Å². The van der Waals surface area contributed by atoms with E-state index in [0.717, 1.165) is 11.0 Å². The molecule has 10 nitrogen and oxygen atoms in total. The molecule has 0 spiro atoms. The SMILES string of the molecule is O=C1N[C@@H]2C[C@H](c3c1ccc(OC(F)F)c3-c1ccnc(N3CCS(=O)(=O)CC3)n1)n1c2nc2ccccc21. The molecule has 1 N–H and O–H groups in total. The van der Waals surface area contributed by atoms with E-state index in [9.17, 15) is 22.0 Å². The van der Waals surface area contributed by atoms with Crippen molar-refractivity contribution in [1.82, 2.24) is 24.8 Å². The van der Waals surface area contributed by atoms with Gasteiger partial charge in [0, 0.05) is 36.0 Å². The monoisotopic (exact) mass is 552 g/mol. The molecular weight excluding hydrogens is 530 g/mol. The lowest BCUT2D eigenvalue weighted by Crippen LogP contribution is -2.41. The summed E-state index contributed by atoms with van der Waals surface area (Å²) in [6.45, 7) is -2.66. The standard InChI is InChI=1S/C26H22F2N6O4S/c27-25(28)38-20-6-5-14-21(22(20)16-7-8-29-26(32-16)33-9-11-39(36,37)12-10-33)19-13-17(31-24(14)35)23-30-15-3-1-2-4-18(15)34(19)23/h1-8,17,19,25H,9-13H2,(H,31,35)/t17-,19-/m1/s1. The second-order valence-electron chi connectivity index (χ2n) is 9.77. The Morgan fingerprint density at radius 2 is 1.85 bits per heavy atom. The minimum atomic E-state index is -3.13. The normalized spacial score (nSPS) is 21.4. The van der Waals surface area contributed by atoms with Crippen molar-refractivity contribution >= 4 is 32.7 Å². The van der Waals surface area contributed by atoms with E-state index in [1.165, 1.54) is 18.3 Å². The number of imidazole rings is 1. The molecule has 0 radical (unpaired) electrons. The quantitative estimate of drug-likeness (QED) is 0.410. The molecule has 0 aliphatic carbocycles. The van der Waals surface area contributed by atoms with Gasteiger partial charge in [-0.2, -0.15) is 8.78 Å². The van der Waals surface area contributed by atoms with Crippen molar-refractivity contribution < 1.29 is 26.7 Å². The maximum atomic E-state index is 13.6. The van der Waals surface area contributed by atoms with Crippen molar-refractivity contribution in [3.8, 4) is 17.0 Å². The minimum absolute atomic E-state index is 0.0266. The fraction of sp³-hybridized carbons (Fsp3) is 0.308. The van der Waals surface area contributed by atoms with E-state index < -0.39 is 22.5 Å². The first-order chi connectivity index (χ1) is 18.8. The van der Waals surface area contributed by atoms with E-state index in [4.69, 9.17) is 9.72 Å². The number of aromatic nitrogens is 4. The molecule has 1 fully saturated rings. The predicted octanol–water partition coefficient (Wildman–Crippen LogP) is 3.11. The lowest BCUT2D eigenvalue weighted by atomic mass is 9.91. The number of alkyl halides is 2. The van der Waals surface area contributed by atoms with Crippen LogP contribution in [0, 0.1) is 0 Å². The van der Waals surface area contributed by atoms with E-state index >= 15 is 0 Å².